The smallest absolute Gasteiger partial charge is 0.406 e. The summed E-state index contributed by atoms with van der Waals surface area (Å²) < 4.78 is 42.7. The Labute approximate surface area is 262 Å². The van der Waals surface area contributed by atoms with Crippen molar-refractivity contribution in [2.45, 2.75) is 32.7 Å². The zero-order valence-corrected chi connectivity index (χ0v) is 25.7. The quantitative estimate of drug-likeness (QED) is 0.180. The number of halogens is 3. The van der Waals surface area contributed by atoms with Gasteiger partial charge < -0.3 is 4.74 Å². The number of aromatic nitrogens is 3. The highest BCUT2D eigenvalue weighted by atomic mass is 32.2. The number of alkyl halides is 3. The van der Waals surface area contributed by atoms with Crippen LogP contribution in [0.1, 0.15) is 29.5 Å². The molecule has 8 nitrogen and oxygen atoms in total. The Morgan fingerprint density at radius 3 is 2.61 bits per heavy atom. The molecule has 1 fully saturated rings. The third kappa shape index (κ3) is 6.64. The second-order valence-electron chi connectivity index (χ2n) is 10.6. The molecular weight excluding hydrogens is 608 g/mol. The van der Waals surface area contributed by atoms with E-state index in [0.29, 0.717) is 29.1 Å². The monoisotopic (exact) mass is 635 g/mol. The van der Waals surface area contributed by atoms with Crippen LogP contribution in [-0.2, 0) is 6.54 Å². The summed E-state index contributed by atoms with van der Waals surface area (Å²) in [6.07, 6.45) is -0.933. The minimum Gasteiger partial charge on any atom is -0.406 e. The lowest BCUT2D eigenvalue weighted by atomic mass is 9.93. The van der Waals surface area contributed by atoms with E-state index in [-0.39, 0.29) is 5.75 Å². The number of anilines is 1. The summed E-state index contributed by atoms with van der Waals surface area (Å²) in [6, 6.07) is 19.8. The Bertz CT molecular complexity index is 1750. The van der Waals surface area contributed by atoms with Crippen molar-refractivity contribution in [3.05, 3.63) is 102 Å². The molecule has 0 bridgehead atoms. The Morgan fingerprint density at radius 2 is 1.89 bits per heavy atom. The fourth-order valence-corrected chi connectivity index (χ4v) is 6.43. The molecule has 0 radical (unpaired) electrons. The van der Waals surface area contributed by atoms with Crippen molar-refractivity contribution in [1.29, 1.82) is 0 Å². The highest BCUT2D eigenvalue weighted by Gasteiger charge is 2.33. The number of nitrogens with zero attached hydrogens (tertiary/aromatic N) is 6. The maximum atomic E-state index is 12.4. The van der Waals surface area contributed by atoms with E-state index in [1.807, 2.05) is 36.3 Å². The van der Waals surface area contributed by atoms with Crippen molar-refractivity contribution in [3.63, 3.8) is 0 Å². The number of aryl methyl sites for hydroxylation is 1. The largest absolute Gasteiger partial charge is 0.573 e. The maximum absolute atomic E-state index is 12.4. The predicted molar refractivity (Wildman–Crippen MR) is 171 cm³/mol. The number of allylic oxidation sites excluding steroid dienone is 1. The van der Waals surface area contributed by atoms with E-state index in [1.54, 1.807) is 11.8 Å². The van der Waals surface area contributed by atoms with Gasteiger partial charge in [0.1, 0.15) is 12.1 Å². The summed E-state index contributed by atoms with van der Waals surface area (Å²) in [5, 5.41) is 7.59. The normalized spacial score (nSPS) is 17.0. The standard InChI is InChI=1S/C31H28F3N7OS2/c1-19-4-13-26-20(2)15-24-17-44-30(41(24)27(26)14-19)36-29(43)38-39(3)16-21-5-7-22(8-6-21)28-35-18-40(37-28)23-9-11-25(12-10-23)42-31(32,33)34/h4-15,18,20H,16-17H2,1-3H3,(H,38,43)/b36-30-. The molecule has 1 atom stereocenters. The molecule has 0 spiro atoms. The molecule has 2 aliphatic rings. The third-order valence-corrected chi connectivity index (χ3v) is 8.28. The molecule has 0 aliphatic carbocycles. The average molecular weight is 636 g/mol. The topological polar surface area (TPSA) is 70.8 Å². The van der Waals surface area contributed by atoms with Crippen molar-refractivity contribution < 1.29 is 17.9 Å². The molecule has 6 rings (SSSR count). The molecule has 226 valence electrons. The number of hydrazine groups is 1. The first-order valence-corrected chi connectivity index (χ1v) is 15.1. The summed E-state index contributed by atoms with van der Waals surface area (Å²) in [4.78, 5) is 11.3. The molecule has 1 aromatic heterocycles. The number of amidine groups is 1. The highest BCUT2D eigenvalue weighted by molar-refractivity contribution is 8.14. The lowest BCUT2D eigenvalue weighted by Gasteiger charge is -2.30. The number of rotatable bonds is 6. The number of ether oxygens (including phenoxy) is 1. The number of fused-ring (bicyclic) bond motifs is 3. The Balaban J connectivity index is 1.07. The van der Waals surface area contributed by atoms with Gasteiger partial charge in [-0.1, -0.05) is 61.2 Å². The zero-order chi connectivity index (χ0) is 31.0. The van der Waals surface area contributed by atoms with E-state index in [2.05, 4.69) is 63.3 Å². The molecule has 0 saturated carbocycles. The summed E-state index contributed by atoms with van der Waals surface area (Å²) in [7, 11) is 1.91. The van der Waals surface area contributed by atoms with Crippen molar-refractivity contribution in [1.82, 2.24) is 25.2 Å². The number of hydrogen-bond donors (Lipinski definition) is 1. The van der Waals surface area contributed by atoms with E-state index in [4.69, 9.17) is 17.2 Å². The van der Waals surface area contributed by atoms with Crippen molar-refractivity contribution in [2.24, 2.45) is 4.99 Å². The number of nitrogens with one attached hydrogen (secondary N) is 1. The van der Waals surface area contributed by atoms with Gasteiger partial charge in [0.15, 0.2) is 11.0 Å². The first-order valence-electron chi connectivity index (χ1n) is 13.7. The Kier molecular flexibility index (Phi) is 8.18. The van der Waals surface area contributed by atoms with E-state index in [9.17, 15) is 13.2 Å². The minimum absolute atomic E-state index is 0.300. The van der Waals surface area contributed by atoms with E-state index in [1.165, 1.54) is 57.8 Å². The van der Waals surface area contributed by atoms with Crippen LogP contribution in [0.3, 0.4) is 0 Å². The lowest BCUT2D eigenvalue weighted by molar-refractivity contribution is -0.274. The van der Waals surface area contributed by atoms with Crippen molar-refractivity contribution in [2.75, 3.05) is 17.7 Å². The van der Waals surface area contributed by atoms with Crippen LogP contribution in [0, 0.1) is 6.92 Å². The SMILES string of the molecule is Cc1ccc2c(c1)N1C(=CC2C)CS/C1=N\C(=S)NN(C)Cc1ccc(-c2ncn(-c3ccc(OC(F)(F)F)cc3)n2)cc1. The van der Waals surface area contributed by atoms with Gasteiger partial charge in [-0.05, 0) is 66.2 Å². The molecule has 2 aliphatic heterocycles. The summed E-state index contributed by atoms with van der Waals surface area (Å²) in [6.45, 7) is 4.89. The first kappa shape index (κ1) is 29.9. The summed E-state index contributed by atoms with van der Waals surface area (Å²) in [5.41, 5.74) is 10.5. The minimum atomic E-state index is -4.74. The van der Waals surface area contributed by atoms with Gasteiger partial charge in [-0.3, -0.25) is 10.3 Å². The van der Waals surface area contributed by atoms with Crippen LogP contribution in [0.2, 0.25) is 0 Å². The van der Waals surface area contributed by atoms with Crippen LogP contribution >= 0.6 is 24.0 Å². The molecule has 4 aromatic rings. The van der Waals surface area contributed by atoms with Gasteiger partial charge in [0, 0.05) is 36.5 Å². The molecule has 1 N–H and O–H groups in total. The molecule has 0 amide bonds. The van der Waals surface area contributed by atoms with Crippen molar-refractivity contribution >= 4 is 39.9 Å². The highest BCUT2D eigenvalue weighted by Crippen LogP contribution is 2.43. The van der Waals surface area contributed by atoms with Gasteiger partial charge in [0.25, 0.3) is 0 Å². The Hall–Kier alpha value is -4.20. The fraction of sp³-hybridized carbons (Fsp3) is 0.226. The molecule has 1 saturated heterocycles. The van der Waals surface area contributed by atoms with Gasteiger partial charge in [0.2, 0.25) is 5.11 Å². The summed E-state index contributed by atoms with van der Waals surface area (Å²) >= 11 is 7.29. The van der Waals surface area contributed by atoms with Gasteiger partial charge in [-0.2, -0.15) is 4.99 Å². The van der Waals surface area contributed by atoms with Crippen LogP contribution in [0.5, 0.6) is 5.75 Å². The molecule has 13 heteroatoms. The predicted octanol–water partition coefficient (Wildman–Crippen LogP) is 6.97. The second-order valence-corrected chi connectivity index (χ2v) is 11.9. The van der Waals surface area contributed by atoms with Gasteiger partial charge >= 0.3 is 6.36 Å². The molecule has 44 heavy (non-hydrogen) atoms. The molecule has 3 aromatic carbocycles. The fourth-order valence-electron chi connectivity index (χ4n) is 5.13. The zero-order valence-electron chi connectivity index (χ0n) is 24.0. The average Bonchev–Trinajstić information content (AvgIpc) is 3.61. The van der Waals surface area contributed by atoms with E-state index >= 15 is 0 Å². The number of benzene rings is 3. The number of hydrogen-bond acceptors (Lipinski definition) is 6. The van der Waals surface area contributed by atoms with E-state index in [0.717, 1.165) is 22.0 Å². The van der Waals surface area contributed by atoms with Crippen LogP contribution in [0.15, 0.2) is 89.8 Å². The van der Waals surface area contributed by atoms with Gasteiger partial charge in [0.05, 0.1) is 11.4 Å². The second kappa shape index (κ2) is 12.1. The van der Waals surface area contributed by atoms with Crippen LogP contribution in [0.4, 0.5) is 18.9 Å². The number of thioether (sulfide) groups is 1. The van der Waals surface area contributed by atoms with Crippen LogP contribution in [0.25, 0.3) is 17.1 Å². The van der Waals surface area contributed by atoms with E-state index < -0.39 is 6.36 Å². The molecule has 3 heterocycles. The number of thiocarbonyl (C=S) groups is 1. The summed E-state index contributed by atoms with van der Waals surface area (Å²) in [5.74, 6) is 1.40. The van der Waals surface area contributed by atoms with Gasteiger partial charge in [-0.15, -0.1) is 18.3 Å². The third-order valence-electron chi connectivity index (χ3n) is 7.13. The molecular formula is C31H28F3N7OS2. The maximum Gasteiger partial charge on any atom is 0.573 e. The Morgan fingerprint density at radius 1 is 1.14 bits per heavy atom. The molecule has 1 unspecified atom stereocenters. The van der Waals surface area contributed by atoms with Crippen LogP contribution < -0.4 is 15.1 Å². The van der Waals surface area contributed by atoms with Crippen LogP contribution in [-0.4, -0.2) is 49.2 Å². The number of aliphatic imine (C=N–C) groups is 1. The van der Waals surface area contributed by atoms with Crippen molar-refractivity contribution in [3.8, 4) is 22.8 Å². The van der Waals surface area contributed by atoms with Gasteiger partial charge in [-0.25, -0.2) is 14.7 Å². The lowest BCUT2D eigenvalue weighted by Crippen LogP contribution is -2.38. The first-order chi connectivity index (χ1) is 21.0.